The van der Waals surface area contributed by atoms with E-state index < -0.39 is 10.8 Å². The molecular weight excluding hydrogens is 374 g/mol. The Kier molecular flexibility index (Phi) is 6.33. The Balaban J connectivity index is 1.77. The molecule has 0 aromatic heterocycles. The highest BCUT2D eigenvalue weighted by molar-refractivity contribution is 8.01. The molecule has 1 aromatic carbocycles. The van der Waals surface area contributed by atoms with Crippen LogP contribution in [0.1, 0.15) is 52.9 Å². The van der Waals surface area contributed by atoms with Gasteiger partial charge in [-0.1, -0.05) is 31.4 Å². The van der Waals surface area contributed by atoms with Crippen LogP contribution in [0.25, 0.3) is 0 Å². The number of benzene rings is 1. The van der Waals surface area contributed by atoms with Gasteiger partial charge >= 0.3 is 0 Å². The first-order valence-electron chi connectivity index (χ1n) is 9.93. The van der Waals surface area contributed by atoms with Crippen LogP contribution in [0.4, 0.5) is 5.69 Å². The molecule has 1 unspecified atom stereocenters. The van der Waals surface area contributed by atoms with Gasteiger partial charge in [0, 0.05) is 16.5 Å². The lowest BCUT2D eigenvalue weighted by molar-refractivity contribution is -0.129. The molecule has 1 aliphatic carbocycles. The standard InChI is InChI=1S/C21H29N3O3S/c1-21(2,3)23-19(26)18-20(27)24(15-11-7-8-12-16(15)28-18)13-17(25)22-14-9-5-4-6-10-14/h7-8,11-12,14,18H,4-6,9-10,13H2,1-3H3,(H,22,25)(H,23,26). The minimum absolute atomic E-state index is 0.0633. The Morgan fingerprint density at radius 2 is 1.82 bits per heavy atom. The number of nitrogens with one attached hydrogen (secondary N) is 2. The molecule has 6 nitrogen and oxygen atoms in total. The van der Waals surface area contributed by atoms with Crippen LogP contribution < -0.4 is 15.5 Å². The number of anilines is 1. The smallest absolute Gasteiger partial charge is 0.250 e. The molecule has 1 saturated carbocycles. The quantitative estimate of drug-likeness (QED) is 0.758. The van der Waals surface area contributed by atoms with Gasteiger partial charge in [0.05, 0.1) is 5.69 Å². The second kappa shape index (κ2) is 8.55. The van der Waals surface area contributed by atoms with Crippen LogP contribution in [-0.2, 0) is 14.4 Å². The Hall–Kier alpha value is -2.02. The molecule has 2 N–H and O–H groups in total. The normalized spacial score (nSPS) is 20.5. The maximum absolute atomic E-state index is 13.1. The number of thioether (sulfide) groups is 1. The van der Waals surface area contributed by atoms with E-state index in [9.17, 15) is 14.4 Å². The van der Waals surface area contributed by atoms with Crippen molar-refractivity contribution < 1.29 is 14.4 Å². The summed E-state index contributed by atoms with van der Waals surface area (Å²) in [6, 6.07) is 7.61. The van der Waals surface area contributed by atoms with Crippen LogP contribution >= 0.6 is 11.8 Å². The first-order chi connectivity index (χ1) is 13.2. The van der Waals surface area contributed by atoms with E-state index in [0.717, 1.165) is 30.6 Å². The minimum Gasteiger partial charge on any atom is -0.352 e. The summed E-state index contributed by atoms with van der Waals surface area (Å²) in [4.78, 5) is 40.7. The average molecular weight is 404 g/mol. The molecule has 1 atom stereocenters. The zero-order valence-corrected chi connectivity index (χ0v) is 17.6. The predicted octanol–water partition coefficient (Wildman–Crippen LogP) is 2.86. The van der Waals surface area contributed by atoms with E-state index in [1.807, 2.05) is 45.0 Å². The van der Waals surface area contributed by atoms with Crippen molar-refractivity contribution in [3.05, 3.63) is 24.3 Å². The summed E-state index contributed by atoms with van der Waals surface area (Å²) in [5.41, 5.74) is 0.258. The molecule has 0 bridgehead atoms. The third-order valence-corrected chi connectivity index (χ3v) is 6.15. The van der Waals surface area contributed by atoms with Crippen molar-refractivity contribution in [2.45, 2.75) is 74.6 Å². The number of nitrogens with zero attached hydrogens (tertiary/aromatic N) is 1. The Labute approximate surface area is 170 Å². The summed E-state index contributed by atoms with van der Waals surface area (Å²) in [5, 5.41) is 5.05. The van der Waals surface area contributed by atoms with Gasteiger partial charge in [0.2, 0.25) is 11.8 Å². The fourth-order valence-electron chi connectivity index (χ4n) is 3.65. The maximum Gasteiger partial charge on any atom is 0.250 e. The molecule has 3 amide bonds. The molecule has 2 aliphatic rings. The highest BCUT2D eigenvalue weighted by Crippen LogP contribution is 2.39. The van der Waals surface area contributed by atoms with Gasteiger partial charge in [0.25, 0.3) is 5.91 Å². The van der Waals surface area contributed by atoms with Crippen molar-refractivity contribution >= 4 is 35.2 Å². The fourth-order valence-corrected chi connectivity index (χ4v) is 4.75. The van der Waals surface area contributed by atoms with Gasteiger partial charge in [-0.3, -0.25) is 14.4 Å². The highest BCUT2D eigenvalue weighted by atomic mass is 32.2. The monoisotopic (exact) mass is 403 g/mol. The number of carbonyl (C=O) groups excluding carboxylic acids is 3. The van der Waals surface area contributed by atoms with Gasteiger partial charge in [-0.15, -0.1) is 11.8 Å². The first kappa shape index (κ1) is 20.7. The number of rotatable bonds is 4. The average Bonchev–Trinajstić information content (AvgIpc) is 2.63. The molecular formula is C21H29N3O3S. The molecule has 1 heterocycles. The van der Waals surface area contributed by atoms with Crippen molar-refractivity contribution in [2.24, 2.45) is 0 Å². The second-order valence-electron chi connectivity index (χ2n) is 8.53. The van der Waals surface area contributed by atoms with E-state index >= 15 is 0 Å². The van der Waals surface area contributed by atoms with Gasteiger partial charge < -0.3 is 15.5 Å². The molecule has 1 fully saturated rings. The zero-order valence-electron chi connectivity index (χ0n) is 16.8. The zero-order chi connectivity index (χ0) is 20.3. The van der Waals surface area contributed by atoms with Gasteiger partial charge in [-0.05, 0) is 45.7 Å². The summed E-state index contributed by atoms with van der Waals surface area (Å²) in [7, 11) is 0. The lowest BCUT2D eigenvalue weighted by Crippen LogP contribution is -2.54. The topological polar surface area (TPSA) is 78.5 Å². The third kappa shape index (κ3) is 5.07. The van der Waals surface area contributed by atoms with Gasteiger partial charge in [0.15, 0.2) is 5.25 Å². The Morgan fingerprint density at radius 1 is 1.14 bits per heavy atom. The van der Waals surface area contributed by atoms with E-state index in [0.29, 0.717) is 5.69 Å². The minimum atomic E-state index is -0.892. The molecule has 1 aliphatic heterocycles. The number of carbonyl (C=O) groups is 3. The molecule has 0 radical (unpaired) electrons. The second-order valence-corrected chi connectivity index (χ2v) is 9.68. The van der Waals surface area contributed by atoms with Crippen molar-refractivity contribution in [3.8, 4) is 0 Å². The maximum atomic E-state index is 13.1. The molecule has 0 spiro atoms. The van der Waals surface area contributed by atoms with Crippen LogP contribution in [-0.4, -0.2) is 41.1 Å². The summed E-state index contributed by atoms with van der Waals surface area (Å²) < 4.78 is 0. The van der Waals surface area contributed by atoms with E-state index in [1.165, 1.54) is 23.1 Å². The van der Waals surface area contributed by atoms with Crippen LogP contribution in [0, 0.1) is 0 Å². The molecule has 3 rings (SSSR count). The SMILES string of the molecule is CC(C)(C)NC(=O)C1Sc2ccccc2N(CC(=O)NC2CCCCC2)C1=O. The number of hydrogen-bond donors (Lipinski definition) is 2. The first-order valence-corrected chi connectivity index (χ1v) is 10.8. The number of fused-ring (bicyclic) bond motifs is 1. The van der Waals surface area contributed by atoms with E-state index in [4.69, 9.17) is 0 Å². The summed E-state index contributed by atoms with van der Waals surface area (Å²) in [6.45, 7) is 5.58. The van der Waals surface area contributed by atoms with Crippen LogP contribution in [0.15, 0.2) is 29.2 Å². The van der Waals surface area contributed by atoms with Crippen molar-refractivity contribution in [2.75, 3.05) is 11.4 Å². The van der Waals surface area contributed by atoms with Gasteiger partial charge in [-0.2, -0.15) is 0 Å². The summed E-state index contributed by atoms with van der Waals surface area (Å²) in [5.74, 6) is -0.837. The number of para-hydroxylation sites is 1. The summed E-state index contributed by atoms with van der Waals surface area (Å²) in [6.07, 6.45) is 5.45. The van der Waals surface area contributed by atoms with Crippen LogP contribution in [0.3, 0.4) is 0 Å². The van der Waals surface area contributed by atoms with Crippen molar-refractivity contribution in [3.63, 3.8) is 0 Å². The molecule has 0 saturated heterocycles. The van der Waals surface area contributed by atoms with Crippen LogP contribution in [0.2, 0.25) is 0 Å². The molecule has 1 aromatic rings. The number of hydrogen-bond acceptors (Lipinski definition) is 4. The van der Waals surface area contributed by atoms with Crippen molar-refractivity contribution in [1.29, 1.82) is 0 Å². The van der Waals surface area contributed by atoms with E-state index in [2.05, 4.69) is 10.6 Å². The lowest BCUT2D eigenvalue weighted by atomic mass is 9.95. The predicted molar refractivity (Wildman–Crippen MR) is 111 cm³/mol. The fraction of sp³-hybridized carbons (Fsp3) is 0.571. The summed E-state index contributed by atoms with van der Waals surface area (Å²) >= 11 is 1.25. The van der Waals surface area contributed by atoms with E-state index in [1.54, 1.807) is 0 Å². The van der Waals surface area contributed by atoms with Gasteiger partial charge in [0.1, 0.15) is 6.54 Å². The Bertz CT molecular complexity index is 754. The number of amides is 3. The van der Waals surface area contributed by atoms with Crippen LogP contribution in [0.5, 0.6) is 0 Å². The van der Waals surface area contributed by atoms with Gasteiger partial charge in [-0.25, -0.2) is 0 Å². The third-order valence-electron chi connectivity index (χ3n) is 4.90. The molecule has 28 heavy (non-hydrogen) atoms. The van der Waals surface area contributed by atoms with Crippen molar-refractivity contribution in [1.82, 2.24) is 10.6 Å². The lowest BCUT2D eigenvalue weighted by Gasteiger charge is -2.34. The Morgan fingerprint density at radius 3 is 2.50 bits per heavy atom. The highest BCUT2D eigenvalue weighted by Gasteiger charge is 2.40. The molecule has 7 heteroatoms. The largest absolute Gasteiger partial charge is 0.352 e. The molecule has 152 valence electrons. The van der Waals surface area contributed by atoms with E-state index in [-0.39, 0.29) is 30.3 Å².